The molecule has 0 saturated carbocycles. The first-order valence-electron chi connectivity index (χ1n) is 7.45. The molecule has 28 heavy (non-hydrogen) atoms. The number of hydrogen-bond acceptors (Lipinski definition) is 8. The van der Waals surface area contributed by atoms with Crippen LogP contribution in [0, 0.1) is 10.1 Å². The number of nitrogens with zero attached hydrogens (tertiary/aromatic N) is 1. The number of sulfonamides is 1. The number of hydrogen-bond donors (Lipinski definition) is 1. The maximum Gasteiger partial charge on any atom is 0.340 e. The standard InChI is InChI=1S/C16H15ClN2O8S/c1-25-14-7-10(16(20)27-3)12(8-15(14)26-2)18-28(23,24)9-4-5-11(17)13(6-9)19(21)22/h4-8,18H,1-3H3. The Bertz CT molecular complexity index is 1040. The van der Waals surface area contributed by atoms with E-state index in [-0.39, 0.29) is 27.8 Å². The number of carbonyl (C=O) groups excluding carboxylic acids is 1. The average molecular weight is 431 g/mol. The molecule has 0 saturated heterocycles. The number of benzene rings is 2. The molecule has 0 aliphatic rings. The minimum absolute atomic E-state index is 0.146. The van der Waals surface area contributed by atoms with E-state index in [9.17, 15) is 23.3 Å². The summed E-state index contributed by atoms with van der Waals surface area (Å²) < 4.78 is 42.5. The molecule has 0 radical (unpaired) electrons. The van der Waals surface area contributed by atoms with Gasteiger partial charge in [-0.1, -0.05) is 11.6 Å². The van der Waals surface area contributed by atoms with Gasteiger partial charge in [-0.2, -0.15) is 0 Å². The summed E-state index contributed by atoms with van der Waals surface area (Å²) in [6.07, 6.45) is 0. The molecule has 2 aromatic rings. The number of nitro groups is 1. The molecule has 0 aliphatic heterocycles. The van der Waals surface area contributed by atoms with Crippen molar-refractivity contribution in [3.05, 3.63) is 51.0 Å². The molecule has 0 amide bonds. The van der Waals surface area contributed by atoms with Gasteiger partial charge in [0.25, 0.3) is 15.7 Å². The van der Waals surface area contributed by atoms with E-state index >= 15 is 0 Å². The molecule has 0 fully saturated rings. The Hall–Kier alpha value is -3.05. The number of rotatable bonds is 7. The quantitative estimate of drug-likeness (QED) is 0.402. The third-order valence-electron chi connectivity index (χ3n) is 3.60. The molecule has 2 rings (SSSR count). The van der Waals surface area contributed by atoms with Crippen molar-refractivity contribution < 1.29 is 32.3 Å². The molecule has 0 aliphatic carbocycles. The summed E-state index contributed by atoms with van der Waals surface area (Å²) in [4.78, 5) is 21.8. The third kappa shape index (κ3) is 4.26. The predicted molar refractivity (Wildman–Crippen MR) is 99.8 cm³/mol. The second kappa shape index (κ2) is 8.31. The number of halogens is 1. The lowest BCUT2D eigenvalue weighted by molar-refractivity contribution is -0.384. The zero-order chi connectivity index (χ0) is 21.1. The summed E-state index contributed by atoms with van der Waals surface area (Å²) >= 11 is 5.71. The van der Waals surface area contributed by atoms with Gasteiger partial charge in [0.1, 0.15) is 5.02 Å². The predicted octanol–water partition coefficient (Wildman–Crippen LogP) is 2.85. The molecule has 1 N–H and O–H groups in total. The smallest absolute Gasteiger partial charge is 0.340 e. The number of ether oxygens (including phenoxy) is 3. The first-order chi connectivity index (χ1) is 13.1. The number of nitro benzene ring substituents is 1. The summed E-state index contributed by atoms with van der Waals surface area (Å²) in [5, 5.41) is 10.8. The average Bonchev–Trinajstić information content (AvgIpc) is 2.66. The SMILES string of the molecule is COC(=O)c1cc(OC)c(OC)cc1NS(=O)(=O)c1ccc(Cl)c([N+](=O)[O-])c1. The van der Waals surface area contributed by atoms with Crippen molar-refractivity contribution in [1.82, 2.24) is 0 Å². The molecule has 0 spiro atoms. The minimum atomic E-state index is -4.31. The summed E-state index contributed by atoms with van der Waals surface area (Å²) in [6, 6.07) is 5.46. The van der Waals surface area contributed by atoms with Crippen LogP contribution >= 0.6 is 11.6 Å². The van der Waals surface area contributed by atoms with Gasteiger partial charge in [0.2, 0.25) is 0 Å². The maximum absolute atomic E-state index is 12.7. The monoisotopic (exact) mass is 430 g/mol. The van der Waals surface area contributed by atoms with Crippen molar-refractivity contribution in [2.45, 2.75) is 4.90 Å². The van der Waals surface area contributed by atoms with Crippen molar-refractivity contribution in [2.75, 3.05) is 26.1 Å². The van der Waals surface area contributed by atoms with Gasteiger partial charge in [0.05, 0.1) is 42.4 Å². The number of methoxy groups -OCH3 is 3. The molecule has 0 atom stereocenters. The first kappa shape index (κ1) is 21.3. The molecule has 0 bridgehead atoms. The van der Waals surface area contributed by atoms with Crippen molar-refractivity contribution in [3.8, 4) is 11.5 Å². The summed E-state index contributed by atoms with van der Waals surface area (Å²) in [5.74, 6) is -0.511. The van der Waals surface area contributed by atoms with E-state index in [0.717, 1.165) is 25.3 Å². The largest absolute Gasteiger partial charge is 0.493 e. The highest BCUT2D eigenvalue weighted by Crippen LogP contribution is 2.35. The van der Waals surface area contributed by atoms with Crippen molar-refractivity contribution >= 4 is 39.0 Å². The van der Waals surface area contributed by atoms with Crippen LogP contribution in [0.15, 0.2) is 35.2 Å². The Morgan fingerprint density at radius 2 is 1.71 bits per heavy atom. The molecule has 10 nitrogen and oxygen atoms in total. The Labute approximate surface area is 165 Å². The molecular formula is C16H15ClN2O8S. The third-order valence-corrected chi connectivity index (χ3v) is 5.28. The van der Waals surface area contributed by atoms with E-state index in [0.29, 0.717) is 0 Å². The van der Waals surface area contributed by atoms with Gasteiger partial charge in [0.15, 0.2) is 11.5 Å². The number of nitrogens with one attached hydrogen (secondary N) is 1. The van der Waals surface area contributed by atoms with Crippen LogP contribution in [0.3, 0.4) is 0 Å². The molecule has 12 heteroatoms. The van der Waals surface area contributed by atoms with Gasteiger partial charge in [-0.3, -0.25) is 14.8 Å². The van der Waals surface area contributed by atoms with Gasteiger partial charge in [-0.05, 0) is 12.1 Å². The van der Waals surface area contributed by atoms with Crippen LogP contribution in [0.1, 0.15) is 10.4 Å². The van der Waals surface area contributed by atoms with Gasteiger partial charge in [-0.25, -0.2) is 13.2 Å². The normalized spacial score (nSPS) is 10.9. The Balaban J connectivity index is 2.58. The highest BCUT2D eigenvalue weighted by atomic mass is 35.5. The molecule has 2 aromatic carbocycles. The summed E-state index contributed by atoms with van der Waals surface area (Å²) in [6.45, 7) is 0. The topological polar surface area (TPSA) is 134 Å². The van der Waals surface area contributed by atoms with Crippen molar-refractivity contribution in [3.63, 3.8) is 0 Å². The Morgan fingerprint density at radius 3 is 2.25 bits per heavy atom. The lowest BCUT2D eigenvalue weighted by atomic mass is 10.1. The van der Waals surface area contributed by atoms with Crippen molar-refractivity contribution in [1.29, 1.82) is 0 Å². The zero-order valence-corrected chi connectivity index (χ0v) is 16.5. The van der Waals surface area contributed by atoms with E-state index in [2.05, 4.69) is 9.46 Å². The lowest BCUT2D eigenvalue weighted by Gasteiger charge is -2.15. The fourth-order valence-corrected chi connectivity index (χ4v) is 3.52. The highest BCUT2D eigenvalue weighted by Gasteiger charge is 2.25. The van der Waals surface area contributed by atoms with E-state index in [4.69, 9.17) is 21.1 Å². The number of anilines is 1. The van der Waals surface area contributed by atoms with E-state index in [1.165, 1.54) is 26.4 Å². The zero-order valence-electron chi connectivity index (χ0n) is 14.9. The van der Waals surface area contributed by atoms with Crippen LogP contribution in [-0.4, -0.2) is 40.6 Å². The molecular weight excluding hydrogens is 416 g/mol. The van der Waals surface area contributed by atoms with Crippen LogP contribution in [0.5, 0.6) is 11.5 Å². The lowest BCUT2D eigenvalue weighted by Crippen LogP contribution is -2.16. The van der Waals surface area contributed by atoms with Gasteiger partial charge >= 0.3 is 5.97 Å². The van der Waals surface area contributed by atoms with Crippen LogP contribution in [-0.2, 0) is 14.8 Å². The highest BCUT2D eigenvalue weighted by molar-refractivity contribution is 7.92. The fraction of sp³-hybridized carbons (Fsp3) is 0.188. The van der Waals surface area contributed by atoms with Gasteiger partial charge in [0, 0.05) is 18.2 Å². The second-order valence-corrected chi connectivity index (χ2v) is 7.31. The molecule has 0 aromatic heterocycles. The van der Waals surface area contributed by atoms with E-state index < -0.39 is 31.5 Å². The molecule has 150 valence electrons. The Morgan fingerprint density at radius 1 is 1.11 bits per heavy atom. The fourth-order valence-electron chi connectivity index (χ4n) is 2.25. The second-order valence-electron chi connectivity index (χ2n) is 5.22. The van der Waals surface area contributed by atoms with Crippen molar-refractivity contribution in [2.24, 2.45) is 0 Å². The summed E-state index contributed by atoms with van der Waals surface area (Å²) in [7, 11) is -0.515. The maximum atomic E-state index is 12.7. The van der Waals surface area contributed by atoms with Crippen LogP contribution in [0.4, 0.5) is 11.4 Å². The number of carbonyl (C=O) groups is 1. The first-order valence-corrected chi connectivity index (χ1v) is 9.31. The van der Waals surface area contributed by atoms with Crippen LogP contribution < -0.4 is 14.2 Å². The van der Waals surface area contributed by atoms with Crippen LogP contribution in [0.25, 0.3) is 0 Å². The summed E-state index contributed by atoms with van der Waals surface area (Å²) in [5.41, 5.74) is -0.890. The van der Waals surface area contributed by atoms with Gasteiger partial charge in [-0.15, -0.1) is 0 Å². The van der Waals surface area contributed by atoms with E-state index in [1.807, 2.05) is 0 Å². The van der Waals surface area contributed by atoms with Crippen LogP contribution in [0.2, 0.25) is 5.02 Å². The minimum Gasteiger partial charge on any atom is -0.493 e. The van der Waals surface area contributed by atoms with E-state index in [1.54, 1.807) is 0 Å². The Kier molecular flexibility index (Phi) is 6.31. The number of esters is 1. The molecule has 0 heterocycles. The van der Waals surface area contributed by atoms with Gasteiger partial charge < -0.3 is 14.2 Å². The molecule has 0 unspecified atom stereocenters.